The smallest absolute Gasteiger partial charge is 0.221 e. The lowest BCUT2D eigenvalue weighted by molar-refractivity contribution is 0.750. The van der Waals surface area contributed by atoms with Gasteiger partial charge in [-0.2, -0.15) is 4.98 Å². The van der Waals surface area contributed by atoms with Gasteiger partial charge in [0, 0.05) is 24.8 Å². The summed E-state index contributed by atoms with van der Waals surface area (Å²) >= 11 is 0. The average molecular weight is 254 g/mol. The predicted molar refractivity (Wildman–Crippen MR) is 77.0 cm³/mol. The van der Waals surface area contributed by atoms with E-state index in [4.69, 9.17) is 5.73 Å². The number of hydrogen-bond acceptors (Lipinski definition) is 4. The highest BCUT2D eigenvalue weighted by molar-refractivity contribution is 5.49. The molecule has 0 radical (unpaired) electrons. The van der Waals surface area contributed by atoms with Crippen molar-refractivity contribution in [3.63, 3.8) is 0 Å². The molecule has 1 aromatic heterocycles. The summed E-state index contributed by atoms with van der Waals surface area (Å²) in [6, 6.07) is 8.64. The fourth-order valence-corrected chi connectivity index (χ4v) is 2.65. The quantitative estimate of drug-likeness (QED) is 0.848. The summed E-state index contributed by atoms with van der Waals surface area (Å²) in [4.78, 5) is 10.8. The van der Waals surface area contributed by atoms with Gasteiger partial charge in [0.05, 0.1) is 0 Å². The van der Waals surface area contributed by atoms with Gasteiger partial charge >= 0.3 is 0 Å². The lowest BCUT2D eigenvalue weighted by Gasteiger charge is -2.23. The number of nitrogens with two attached hydrogens (primary N) is 1. The van der Waals surface area contributed by atoms with Crippen molar-refractivity contribution >= 4 is 11.8 Å². The minimum atomic E-state index is 0.345. The number of aromatic nitrogens is 2. The highest BCUT2D eigenvalue weighted by Crippen LogP contribution is 2.24. The number of fused-ring (bicyclic) bond motifs is 1. The molecule has 0 atom stereocenters. The highest BCUT2D eigenvalue weighted by atomic mass is 15.2. The van der Waals surface area contributed by atoms with Crippen LogP contribution in [0.3, 0.4) is 0 Å². The first-order chi connectivity index (χ1) is 9.24. The molecule has 98 valence electrons. The minimum Gasteiger partial charge on any atom is -0.368 e. The largest absolute Gasteiger partial charge is 0.368 e. The Hall–Kier alpha value is -2.10. The Morgan fingerprint density at radius 3 is 2.84 bits per heavy atom. The maximum atomic E-state index is 5.72. The zero-order chi connectivity index (χ0) is 13.2. The first kappa shape index (κ1) is 12.0. The molecule has 1 aliphatic heterocycles. The molecular weight excluding hydrogens is 236 g/mol. The number of nitrogen functional groups attached to an aromatic ring is 1. The molecule has 1 aromatic carbocycles. The van der Waals surface area contributed by atoms with Crippen LogP contribution in [0.5, 0.6) is 0 Å². The van der Waals surface area contributed by atoms with Gasteiger partial charge in [0.1, 0.15) is 5.82 Å². The first-order valence-electron chi connectivity index (χ1n) is 6.65. The zero-order valence-corrected chi connectivity index (χ0v) is 11.1. The van der Waals surface area contributed by atoms with E-state index in [1.165, 1.54) is 11.1 Å². The Morgan fingerprint density at radius 1 is 1.21 bits per heavy atom. The van der Waals surface area contributed by atoms with E-state index in [9.17, 15) is 0 Å². The summed E-state index contributed by atoms with van der Waals surface area (Å²) in [5.41, 5.74) is 9.63. The van der Waals surface area contributed by atoms with Crippen molar-refractivity contribution in [2.45, 2.75) is 26.3 Å². The molecule has 3 rings (SSSR count). The van der Waals surface area contributed by atoms with Crippen LogP contribution in [-0.2, 0) is 13.0 Å². The molecule has 2 N–H and O–H groups in total. The monoisotopic (exact) mass is 254 g/mol. The van der Waals surface area contributed by atoms with E-state index in [0.29, 0.717) is 5.95 Å². The van der Waals surface area contributed by atoms with Crippen molar-refractivity contribution in [2.75, 3.05) is 17.2 Å². The van der Waals surface area contributed by atoms with Gasteiger partial charge in [-0.05, 0) is 30.9 Å². The summed E-state index contributed by atoms with van der Waals surface area (Å²) in [6.07, 6.45) is 4.07. The molecule has 0 saturated heterocycles. The van der Waals surface area contributed by atoms with E-state index >= 15 is 0 Å². The summed E-state index contributed by atoms with van der Waals surface area (Å²) < 4.78 is 0. The lowest BCUT2D eigenvalue weighted by Crippen LogP contribution is -2.25. The molecule has 0 saturated carbocycles. The van der Waals surface area contributed by atoms with Gasteiger partial charge in [0.2, 0.25) is 5.95 Å². The van der Waals surface area contributed by atoms with Crippen LogP contribution < -0.4 is 10.6 Å². The number of benzene rings is 1. The number of anilines is 2. The molecule has 0 amide bonds. The fourth-order valence-electron chi connectivity index (χ4n) is 2.65. The molecule has 2 aromatic rings. The van der Waals surface area contributed by atoms with Gasteiger partial charge in [-0.3, -0.25) is 0 Å². The van der Waals surface area contributed by atoms with Gasteiger partial charge in [-0.25, -0.2) is 4.98 Å². The molecule has 1 aliphatic rings. The van der Waals surface area contributed by atoms with Crippen molar-refractivity contribution in [3.8, 4) is 0 Å². The van der Waals surface area contributed by atoms with Crippen LogP contribution >= 0.6 is 0 Å². The van der Waals surface area contributed by atoms with E-state index in [2.05, 4.69) is 39.1 Å². The van der Waals surface area contributed by atoms with E-state index in [-0.39, 0.29) is 0 Å². The molecular formula is C15H18N4. The molecule has 0 fully saturated rings. The lowest BCUT2D eigenvalue weighted by atomic mass is 10.0. The van der Waals surface area contributed by atoms with Crippen molar-refractivity contribution < 1.29 is 0 Å². The maximum absolute atomic E-state index is 5.72. The van der Waals surface area contributed by atoms with Crippen molar-refractivity contribution in [1.82, 2.24) is 9.97 Å². The van der Waals surface area contributed by atoms with Crippen LogP contribution in [0.4, 0.5) is 11.8 Å². The van der Waals surface area contributed by atoms with Gasteiger partial charge in [-0.15, -0.1) is 0 Å². The summed E-state index contributed by atoms with van der Waals surface area (Å²) in [5, 5.41) is 0. The number of aryl methyl sites for hydroxylation is 2. The predicted octanol–water partition coefficient (Wildman–Crippen LogP) is 2.32. The third-order valence-corrected chi connectivity index (χ3v) is 3.62. The second kappa shape index (κ2) is 4.88. The van der Waals surface area contributed by atoms with Crippen LogP contribution in [-0.4, -0.2) is 16.5 Å². The molecule has 0 aliphatic carbocycles. The molecule has 4 nitrogen and oxygen atoms in total. The van der Waals surface area contributed by atoms with Gasteiger partial charge in [0.25, 0.3) is 0 Å². The van der Waals surface area contributed by atoms with E-state index in [1.54, 1.807) is 6.20 Å². The minimum absolute atomic E-state index is 0.345. The average Bonchev–Trinajstić information content (AvgIpc) is 2.63. The van der Waals surface area contributed by atoms with Gasteiger partial charge in [-0.1, -0.05) is 24.3 Å². The standard InChI is InChI=1S/C15H18N4/c1-11-9-17-15(16)18-14(11)19-8-4-7-12-5-2-3-6-13(12)10-19/h2-3,5-6,9H,4,7-8,10H2,1H3,(H2,16,17,18). The normalized spacial score (nSPS) is 14.9. The second-order valence-electron chi connectivity index (χ2n) is 5.03. The maximum Gasteiger partial charge on any atom is 0.221 e. The highest BCUT2D eigenvalue weighted by Gasteiger charge is 2.17. The van der Waals surface area contributed by atoms with Crippen molar-refractivity contribution in [1.29, 1.82) is 0 Å². The SMILES string of the molecule is Cc1cnc(N)nc1N1CCCc2ccccc2C1. The molecule has 0 spiro atoms. The zero-order valence-electron chi connectivity index (χ0n) is 11.1. The Balaban J connectivity index is 1.96. The molecule has 0 unspecified atom stereocenters. The third kappa shape index (κ3) is 2.38. The third-order valence-electron chi connectivity index (χ3n) is 3.62. The van der Waals surface area contributed by atoms with E-state index < -0.39 is 0 Å². The molecule has 4 heteroatoms. The Morgan fingerprint density at radius 2 is 2.00 bits per heavy atom. The Kier molecular flexibility index (Phi) is 3.07. The topological polar surface area (TPSA) is 55.0 Å². The molecule has 2 heterocycles. The van der Waals surface area contributed by atoms with Crippen LogP contribution in [0, 0.1) is 6.92 Å². The first-order valence-corrected chi connectivity index (χ1v) is 6.65. The summed E-state index contributed by atoms with van der Waals surface area (Å²) in [6.45, 7) is 3.94. The van der Waals surface area contributed by atoms with E-state index in [1.807, 2.05) is 6.92 Å². The summed E-state index contributed by atoms with van der Waals surface area (Å²) in [5.74, 6) is 1.31. The number of rotatable bonds is 1. The Labute approximate surface area is 113 Å². The van der Waals surface area contributed by atoms with Crippen molar-refractivity contribution in [2.24, 2.45) is 0 Å². The molecule has 0 bridgehead atoms. The Bertz CT molecular complexity index is 594. The summed E-state index contributed by atoms with van der Waals surface area (Å²) in [7, 11) is 0. The van der Waals surface area contributed by atoms with Crippen LogP contribution in [0.15, 0.2) is 30.5 Å². The number of hydrogen-bond donors (Lipinski definition) is 1. The van der Waals surface area contributed by atoms with Crippen molar-refractivity contribution in [3.05, 3.63) is 47.2 Å². The van der Waals surface area contributed by atoms with Gasteiger partial charge < -0.3 is 10.6 Å². The van der Waals surface area contributed by atoms with E-state index in [0.717, 1.165) is 37.3 Å². The second-order valence-corrected chi connectivity index (χ2v) is 5.03. The van der Waals surface area contributed by atoms with Gasteiger partial charge in [0.15, 0.2) is 0 Å². The fraction of sp³-hybridized carbons (Fsp3) is 0.333. The van der Waals surface area contributed by atoms with Crippen LogP contribution in [0.2, 0.25) is 0 Å². The van der Waals surface area contributed by atoms with Crippen LogP contribution in [0.25, 0.3) is 0 Å². The number of nitrogens with zero attached hydrogens (tertiary/aromatic N) is 3. The van der Waals surface area contributed by atoms with Crippen LogP contribution in [0.1, 0.15) is 23.1 Å². The molecule has 19 heavy (non-hydrogen) atoms.